The number of anilines is 1. The van der Waals surface area contributed by atoms with Crippen molar-refractivity contribution < 1.29 is 14.3 Å². The van der Waals surface area contributed by atoms with Crippen molar-refractivity contribution in [2.75, 3.05) is 19.0 Å². The summed E-state index contributed by atoms with van der Waals surface area (Å²) in [5.74, 6) is -0.441. The van der Waals surface area contributed by atoms with E-state index in [1.54, 1.807) is 6.07 Å². The van der Waals surface area contributed by atoms with Crippen molar-refractivity contribution in [1.82, 2.24) is 15.3 Å². The number of carbonyl (C=O) groups is 2. The molecule has 0 aliphatic carbocycles. The minimum atomic E-state index is -1.72. The molecule has 1 heterocycles. The summed E-state index contributed by atoms with van der Waals surface area (Å²) in [5.41, 5.74) is 0.214. The van der Waals surface area contributed by atoms with Crippen molar-refractivity contribution in [2.45, 2.75) is 30.0 Å². The number of hydrogen-bond donors (Lipinski definition) is 2. The Balaban J connectivity index is 3.01. The summed E-state index contributed by atoms with van der Waals surface area (Å²) in [5, 5.41) is 4.80. The Morgan fingerprint density at radius 3 is 2.30 bits per heavy atom. The number of hydrogen-bond acceptors (Lipinski definition) is 5. The maximum Gasteiger partial charge on any atom is 0.412 e. The lowest BCUT2D eigenvalue weighted by Crippen LogP contribution is -2.26. The fraction of sp³-hybridized carbons (Fsp3) is 0.538. The smallest absolute Gasteiger partial charge is 0.412 e. The molecule has 1 aromatic rings. The largest absolute Gasteiger partial charge is 0.445 e. The molecule has 0 radical (unpaired) electrons. The second-order valence-corrected chi connectivity index (χ2v) is 8.12. The fourth-order valence-electron chi connectivity index (χ4n) is 1.40. The van der Waals surface area contributed by atoms with Gasteiger partial charge in [0.15, 0.2) is 0 Å². The van der Waals surface area contributed by atoms with Gasteiger partial charge in [0.05, 0.1) is 5.69 Å². The monoisotopic (exact) mass is 382 g/mol. The second-order valence-electron chi connectivity index (χ2n) is 5.61. The first kappa shape index (κ1) is 19.7. The van der Waals surface area contributed by atoms with Gasteiger partial charge in [-0.25, -0.2) is 14.8 Å². The molecule has 0 unspecified atom stereocenters. The molecule has 0 aliphatic heterocycles. The molecule has 0 bridgehead atoms. The summed E-state index contributed by atoms with van der Waals surface area (Å²) in [4.78, 5) is 31.6. The van der Waals surface area contributed by atoms with Crippen LogP contribution in [-0.2, 0) is 10.2 Å². The van der Waals surface area contributed by atoms with Crippen molar-refractivity contribution in [3.63, 3.8) is 0 Å². The molecule has 0 aliphatic rings. The van der Waals surface area contributed by atoms with E-state index < -0.39 is 22.4 Å². The van der Waals surface area contributed by atoms with Crippen LogP contribution in [0.2, 0.25) is 0 Å². The Kier molecular flexibility index (Phi) is 6.44. The molecule has 10 heteroatoms. The van der Waals surface area contributed by atoms with Gasteiger partial charge in [-0.1, -0.05) is 55.6 Å². The highest BCUT2D eigenvalue weighted by atomic mass is 35.6. The Morgan fingerprint density at radius 2 is 1.83 bits per heavy atom. The van der Waals surface area contributed by atoms with E-state index >= 15 is 0 Å². The molecule has 2 amide bonds. The first-order chi connectivity index (χ1) is 10.4. The third-order valence-corrected chi connectivity index (χ3v) is 2.85. The quantitative estimate of drug-likeness (QED) is 0.782. The Bertz CT molecular complexity index is 597. The lowest BCUT2D eigenvalue weighted by molar-refractivity contribution is 0.0952. The first-order valence-corrected chi connectivity index (χ1v) is 7.68. The van der Waals surface area contributed by atoms with Crippen LogP contribution in [0.25, 0.3) is 0 Å². The van der Waals surface area contributed by atoms with E-state index in [0.29, 0.717) is 5.69 Å². The summed E-state index contributed by atoms with van der Waals surface area (Å²) < 4.78 is 3.04. The van der Waals surface area contributed by atoms with Crippen LogP contribution in [0.1, 0.15) is 37.1 Å². The lowest BCUT2D eigenvalue weighted by atomic mass is 9.92. The second kappa shape index (κ2) is 7.51. The summed E-state index contributed by atoms with van der Waals surface area (Å²) >= 11 is 16.5. The highest BCUT2D eigenvalue weighted by molar-refractivity contribution is 6.67. The van der Waals surface area contributed by atoms with Crippen LogP contribution in [0.15, 0.2) is 6.07 Å². The molecule has 0 saturated carbocycles. The molecule has 0 fully saturated rings. The summed E-state index contributed by atoms with van der Waals surface area (Å²) in [6, 6.07) is 1.54. The Morgan fingerprint density at radius 1 is 1.22 bits per heavy atom. The van der Waals surface area contributed by atoms with Gasteiger partial charge in [-0.15, -0.1) is 0 Å². The highest BCUT2D eigenvalue weighted by Gasteiger charge is 2.24. The number of ether oxygens (including phenoxy) is 1. The van der Waals surface area contributed by atoms with Crippen LogP contribution in [0.5, 0.6) is 0 Å². The number of nitrogens with zero attached hydrogens (tertiary/aromatic N) is 2. The van der Waals surface area contributed by atoms with Gasteiger partial charge < -0.3 is 10.1 Å². The van der Waals surface area contributed by atoms with E-state index in [9.17, 15) is 9.59 Å². The summed E-state index contributed by atoms with van der Waals surface area (Å²) in [7, 11) is 1.46. The Labute approximate surface area is 149 Å². The molecule has 0 saturated heterocycles. The average Bonchev–Trinajstić information content (AvgIpc) is 2.42. The van der Waals surface area contributed by atoms with Gasteiger partial charge in [-0.3, -0.25) is 10.1 Å². The van der Waals surface area contributed by atoms with Gasteiger partial charge in [-0.05, 0) is 0 Å². The van der Waals surface area contributed by atoms with Crippen molar-refractivity contribution in [3.05, 3.63) is 17.6 Å². The molecule has 0 atom stereocenters. The van der Waals surface area contributed by atoms with Crippen LogP contribution in [0, 0.1) is 0 Å². The van der Waals surface area contributed by atoms with E-state index in [2.05, 4.69) is 20.6 Å². The number of halogens is 3. The van der Waals surface area contributed by atoms with E-state index in [1.807, 2.05) is 20.8 Å². The SMILES string of the molecule is CNC(=O)c1nc(NC(=O)OCC(Cl)(Cl)Cl)cc(C(C)(C)C)n1. The minimum absolute atomic E-state index is 0.0726. The van der Waals surface area contributed by atoms with Gasteiger partial charge in [-0.2, -0.15) is 0 Å². The zero-order chi connectivity index (χ0) is 17.8. The predicted octanol–water partition coefficient (Wildman–Crippen LogP) is 3.05. The number of nitrogens with one attached hydrogen (secondary N) is 2. The third-order valence-electron chi connectivity index (χ3n) is 2.52. The van der Waals surface area contributed by atoms with E-state index in [4.69, 9.17) is 39.5 Å². The van der Waals surface area contributed by atoms with Crippen molar-refractivity contribution in [1.29, 1.82) is 0 Å². The van der Waals surface area contributed by atoms with Crippen LogP contribution in [-0.4, -0.2) is 39.4 Å². The number of carbonyl (C=O) groups excluding carboxylic acids is 2. The highest BCUT2D eigenvalue weighted by Crippen LogP contribution is 2.26. The predicted molar refractivity (Wildman–Crippen MR) is 89.4 cm³/mol. The summed E-state index contributed by atoms with van der Waals surface area (Å²) in [6.07, 6.45) is -0.863. The van der Waals surface area contributed by atoms with Gasteiger partial charge in [0.25, 0.3) is 5.91 Å². The zero-order valence-corrected chi connectivity index (χ0v) is 15.3. The number of alkyl halides is 3. The van der Waals surface area contributed by atoms with Gasteiger partial charge in [0.1, 0.15) is 12.4 Å². The van der Waals surface area contributed by atoms with Crippen molar-refractivity contribution >= 4 is 52.6 Å². The fourth-order valence-corrected chi connectivity index (χ4v) is 1.56. The molecule has 1 rings (SSSR count). The van der Waals surface area contributed by atoms with Crippen LogP contribution >= 0.6 is 34.8 Å². The standard InChI is InChI=1S/C13H17Cl3N4O3/c1-12(2,3)7-5-8(19-9(18-7)10(21)17-4)20-11(22)23-6-13(14,15)16/h5H,6H2,1-4H3,(H,17,21)(H,18,19,20,22). The van der Waals surface area contributed by atoms with Crippen LogP contribution < -0.4 is 10.6 Å². The zero-order valence-electron chi connectivity index (χ0n) is 13.0. The van der Waals surface area contributed by atoms with Crippen LogP contribution in [0.3, 0.4) is 0 Å². The molecule has 128 valence electrons. The first-order valence-electron chi connectivity index (χ1n) is 6.54. The average molecular weight is 384 g/mol. The van der Waals surface area contributed by atoms with Crippen molar-refractivity contribution in [3.8, 4) is 0 Å². The molecule has 23 heavy (non-hydrogen) atoms. The topological polar surface area (TPSA) is 93.2 Å². The number of rotatable bonds is 3. The van der Waals surface area contributed by atoms with Gasteiger partial charge >= 0.3 is 6.09 Å². The number of aromatic nitrogens is 2. The third kappa shape index (κ3) is 6.76. The molecule has 1 aromatic heterocycles. The van der Waals surface area contributed by atoms with Gasteiger partial charge in [0, 0.05) is 18.5 Å². The van der Waals surface area contributed by atoms with E-state index in [1.165, 1.54) is 7.05 Å². The summed E-state index contributed by atoms with van der Waals surface area (Å²) in [6.45, 7) is 5.30. The van der Waals surface area contributed by atoms with Crippen molar-refractivity contribution in [2.24, 2.45) is 0 Å². The molecule has 7 nitrogen and oxygen atoms in total. The molecule has 0 spiro atoms. The molecular formula is C13H17Cl3N4O3. The maximum absolute atomic E-state index is 11.8. The van der Waals surface area contributed by atoms with E-state index in [-0.39, 0.29) is 17.1 Å². The molecule has 0 aromatic carbocycles. The molecule has 2 N–H and O–H groups in total. The van der Waals surface area contributed by atoms with Crippen LogP contribution in [0.4, 0.5) is 10.6 Å². The normalized spacial score (nSPS) is 11.8. The Hall–Kier alpha value is -1.31. The number of amides is 2. The minimum Gasteiger partial charge on any atom is -0.445 e. The van der Waals surface area contributed by atoms with Gasteiger partial charge in [0.2, 0.25) is 9.62 Å². The lowest BCUT2D eigenvalue weighted by Gasteiger charge is -2.19. The molecular weight excluding hydrogens is 367 g/mol. The maximum atomic E-state index is 11.8. The van der Waals surface area contributed by atoms with E-state index in [0.717, 1.165) is 0 Å².